The van der Waals surface area contributed by atoms with Gasteiger partial charge in [-0.15, -0.1) is 0 Å². The summed E-state index contributed by atoms with van der Waals surface area (Å²) in [7, 11) is -2.59. The van der Waals surface area contributed by atoms with Crippen LogP contribution in [0, 0.1) is 0 Å². The first-order valence-corrected chi connectivity index (χ1v) is 11.9. The van der Waals surface area contributed by atoms with E-state index in [9.17, 15) is 13.2 Å². The van der Waals surface area contributed by atoms with Crippen LogP contribution in [0.2, 0.25) is 10.0 Å². The maximum atomic E-state index is 13.0. The Labute approximate surface area is 197 Å². The van der Waals surface area contributed by atoms with Crippen molar-refractivity contribution in [2.45, 2.75) is 23.9 Å². The van der Waals surface area contributed by atoms with Gasteiger partial charge in [0.15, 0.2) is 0 Å². The Hall–Kier alpha value is -2.58. The van der Waals surface area contributed by atoms with E-state index in [1.54, 1.807) is 24.3 Å². The molecule has 0 radical (unpaired) electrons. The zero-order chi connectivity index (χ0) is 23.1. The molecule has 0 aliphatic carbocycles. The van der Waals surface area contributed by atoms with Crippen LogP contribution in [-0.2, 0) is 27.8 Å². The summed E-state index contributed by atoms with van der Waals surface area (Å²) in [5, 5.41) is 3.53. The summed E-state index contributed by atoms with van der Waals surface area (Å²) in [6.45, 7) is 0.234. The van der Waals surface area contributed by atoms with Crippen molar-refractivity contribution in [2.24, 2.45) is 0 Å². The predicted octanol–water partition coefficient (Wildman–Crippen LogP) is 4.21. The Kier molecular flexibility index (Phi) is 8.15. The summed E-state index contributed by atoms with van der Waals surface area (Å²) in [6.07, 6.45) is 0.177. The van der Waals surface area contributed by atoms with Crippen molar-refractivity contribution in [1.82, 2.24) is 10.0 Å². The van der Waals surface area contributed by atoms with Crippen molar-refractivity contribution in [2.75, 3.05) is 7.11 Å². The molecule has 6 nitrogen and oxygen atoms in total. The number of sulfonamides is 1. The topological polar surface area (TPSA) is 84.5 Å². The molecular weight excluding hydrogens is 471 g/mol. The molecule has 0 fully saturated rings. The highest BCUT2D eigenvalue weighted by Gasteiger charge is 2.26. The number of halogens is 2. The summed E-state index contributed by atoms with van der Waals surface area (Å²) in [6, 6.07) is 19.3. The van der Waals surface area contributed by atoms with Crippen molar-refractivity contribution < 1.29 is 17.9 Å². The van der Waals surface area contributed by atoms with Gasteiger partial charge in [0, 0.05) is 11.6 Å². The standard InChI is InChI=1S/C23H22Cl2N2O4S/c1-31-22-12-11-19(14-20(22)25)32(29,30)27-21(13-16-5-3-2-4-6-16)23(28)26-15-17-7-9-18(24)10-8-17/h2-12,14,21,27H,13,15H2,1H3,(H,26,28). The van der Waals surface area contributed by atoms with E-state index in [2.05, 4.69) is 10.0 Å². The highest BCUT2D eigenvalue weighted by Crippen LogP contribution is 2.27. The molecule has 1 unspecified atom stereocenters. The zero-order valence-electron chi connectivity index (χ0n) is 17.2. The lowest BCUT2D eigenvalue weighted by Gasteiger charge is -2.19. The van der Waals surface area contributed by atoms with Gasteiger partial charge in [-0.05, 0) is 47.9 Å². The van der Waals surface area contributed by atoms with Gasteiger partial charge in [0.05, 0.1) is 17.0 Å². The second-order valence-electron chi connectivity index (χ2n) is 7.00. The Bertz CT molecular complexity index is 1170. The molecule has 0 aliphatic rings. The van der Waals surface area contributed by atoms with Crippen molar-refractivity contribution in [3.05, 3.63) is 94.0 Å². The summed E-state index contributed by atoms with van der Waals surface area (Å²) >= 11 is 12.0. The fraction of sp³-hybridized carbons (Fsp3) is 0.174. The highest BCUT2D eigenvalue weighted by molar-refractivity contribution is 7.89. The van der Waals surface area contributed by atoms with E-state index >= 15 is 0 Å². The second kappa shape index (κ2) is 10.8. The lowest BCUT2D eigenvalue weighted by Crippen LogP contribution is -2.47. The number of methoxy groups -OCH3 is 1. The molecule has 2 N–H and O–H groups in total. The minimum absolute atomic E-state index is 0.0631. The molecule has 0 heterocycles. The van der Waals surface area contributed by atoms with Crippen molar-refractivity contribution >= 4 is 39.1 Å². The lowest BCUT2D eigenvalue weighted by atomic mass is 10.1. The van der Waals surface area contributed by atoms with E-state index in [4.69, 9.17) is 27.9 Å². The molecule has 0 saturated heterocycles. The van der Waals surface area contributed by atoms with Crippen LogP contribution in [0.1, 0.15) is 11.1 Å². The molecule has 168 valence electrons. The Morgan fingerprint density at radius 2 is 1.66 bits per heavy atom. The van der Waals surface area contributed by atoms with Crippen molar-refractivity contribution in [3.8, 4) is 5.75 Å². The monoisotopic (exact) mass is 492 g/mol. The number of hydrogen-bond acceptors (Lipinski definition) is 4. The first kappa shape index (κ1) is 24.1. The SMILES string of the molecule is COc1ccc(S(=O)(=O)NC(Cc2ccccc2)C(=O)NCc2ccc(Cl)cc2)cc1Cl. The normalized spacial score (nSPS) is 12.2. The summed E-state index contributed by atoms with van der Waals surface area (Å²) in [4.78, 5) is 12.9. The van der Waals surface area contributed by atoms with E-state index < -0.39 is 22.0 Å². The van der Waals surface area contributed by atoms with Crippen LogP contribution < -0.4 is 14.8 Å². The summed E-state index contributed by atoms with van der Waals surface area (Å²) in [5.74, 6) is -0.0980. The fourth-order valence-electron chi connectivity index (χ4n) is 3.02. The van der Waals surface area contributed by atoms with E-state index in [1.165, 1.54) is 25.3 Å². The third-order valence-electron chi connectivity index (χ3n) is 4.71. The van der Waals surface area contributed by atoms with Crippen LogP contribution in [0.5, 0.6) is 5.75 Å². The van der Waals surface area contributed by atoms with Crippen LogP contribution in [0.4, 0.5) is 0 Å². The van der Waals surface area contributed by atoms with Gasteiger partial charge in [-0.3, -0.25) is 4.79 Å². The molecule has 3 aromatic carbocycles. The van der Waals surface area contributed by atoms with Crippen LogP contribution in [0.25, 0.3) is 0 Å². The average molecular weight is 493 g/mol. The third-order valence-corrected chi connectivity index (χ3v) is 6.73. The summed E-state index contributed by atoms with van der Waals surface area (Å²) in [5.41, 5.74) is 1.65. The number of rotatable bonds is 9. The van der Waals surface area contributed by atoms with Gasteiger partial charge >= 0.3 is 0 Å². The van der Waals surface area contributed by atoms with E-state index in [1.807, 2.05) is 30.3 Å². The molecule has 3 rings (SSSR count). The maximum Gasteiger partial charge on any atom is 0.241 e. The quantitative estimate of drug-likeness (QED) is 0.468. The molecule has 9 heteroatoms. The fourth-order valence-corrected chi connectivity index (χ4v) is 4.69. The largest absolute Gasteiger partial charge is 0.495 e. The van der Waals surface area contributed by atoms with Gasteiger partial charge < -0.3 is 10.1 Å². The third kappa shape index (κ3) is 6.46. The molecular formula is C23H22Cl2N2O4S. The van der Waals surface area contributed by atoms with Gasteiger partial charge in [0.2, 0.25) is 15.9 Å². The second-order valence-corrected chi connectivity index (χ2v) is 9.56. The Morgan fingerprint density at radius 1 is 0.969 bits per heavy atom. The molecule has 0 bridgehead atoms. The van der Waals surface area contributed by atoms with E-state index in [0.717, 1.165) is 11.1 Å². The number of ether oxygens (including phenoxy) is 1. The first-order chi connectivity index (χ1) is 15.3. The molecule has 32 heavy (non-hydrogen) atoms. The Balaban J connectivity index is 1.80. The average Bonchev–Trinajstić information content (AvgIpc) is 2.78. The van der Waals surface area contributed by atoms with Crippen LogP contribution >= 0.6 is 23.2 Å². The van der Waals surface area contributed by atoms with Gasteiger partial charge in [-0.1, -0.05) is 65.7 Å². The van der Waals surface area contributed by atoms with Gasteiger partial charge in [0.25, 0.3) is 0 Å². The maximum absolute atomic E-state index is 13.0. The Morgan fingerprint density at radius 3 is 2.28 bits per heavy atom. The van der Waals surface area contributed by atoms with Gasteiger partial charge in [-0.25, -0.2) is 8.42 Å². The highest BCUT2D eigenvalue weighted by atomic mass is 35.5. The zero-order valence-corrected chi connectivity index (χ0v) is 19.5. The van der Waals surface area contributed by atoms with Crippen LogP contribution in [0.15, 0.2) is 77.7 Å². The molecule has 0 aliphatic heterocycles. The minimum atomic E-state index is -4.03. The van der Waals surface area contributed by atoms with Gasteiger partial charge in [0.1, 0.15) is 11.8 Å². The minimum Gasteiger partial charge on any atom is -0.495 e. The van der Waals surface area contributed by atoms with E-state index in [0.29, 0.717) is 10.8 Å². The smallest absolute Gasteiger partial charge is 0.241 e. The number of benzene rings is 3. The summed E-state index contributed by atoms with van der Waals surface area (Å²) < 4.78 is 33.6. The molecule has 0 aromatic heterocycles. The lowest BCUT2D eigenvalue weighted by molar-refractivity contribution is -0.122. The van der Waals surface area contributed by atoms with Gasteiger partial charge in [-0.2, -0.15) is 4.72 Å². The molecule has 3 aromatic rings. The molecule has 1 atom stereocenters. The number of carbonyl (C=O) groups is 1. The van der Waals surface area contributed by atoms with Crippen molar-refractivity contribution in [1.29, 1.82) is 0 Å². The van der Waals surface area contributed by atoms with Crippen LogP contribution in [-0.4, -0.2) is 27.5 Å². The predicted molar refractivity (Wildman–Crippen MR) is 126 cm³/mol. The van der Waals surface area contributed by atoms with Crippen LogP contribution in [0.3, 0.4) is 0 Å². The number of carbonyl (C=O) groups excluding carboxylic acids is 1. The number of amides is 1. The van der Waals surface area contributed by atoms with E-state index in [-0.39, 0.29) is 22.9 Å². The number of nitrogens with one attached hydrogen (secondary N) is 2. The first-order valence-electron chi connectivity index (χ1n) is 9.70. The molecule has 1 amide bonds. The molecule has 0 spiro atoms. The number of hydrogen-bond donors (Lipinski definition) is 2. The van der Waals surface area contributed by atoms with Crippen molar-refractivity contribution in [3.63, 3.8) is 0 Å². The molecule has 0 saturated carbocycles.